The van der Waals surface area contributed by atoms with E-state index < -0.39 is 0 Å². The maximum absolute atomic E-state index is 13.8. The van der Waals surface area contributed by atoms with Crippen LogP contribution in [-0.4, -0.2) is 14.8 Å². The molecule has 1 unspecified atom stereocenters. The minimum Gasteiger partial charge on any atom is -0.271 e. The Morgan fingerprint density at radius 2 is 2.25 bits per heavy atom. The van der Waals surface area contributed by atoms with Crippen LogP contribution in [0.3, 0.4) is 0 Å². The molecular weight excluding hydrogens is 257 g/mol. The molecule has 0 amide bonds. The number of pyridine rings is 1. The van der Waals surface area contributed by atoms with E-state index in [-0.39, 0.29) is 11.9 Å². The predicted octanol–water partition coefficient (Wildman–Crippen LogP) is 1.75. The van der Waals surface area contributed by atoms with Gasteiger partial charge in [0.05, 0.1) is 17.4 Å². The SMILES string of the molecule is CCc1cc(CC(NN)c2ncccc2F)n(CC)n1. The summed E-state index contributed by atoms with van der Waals surface area (Å²) in [6.45, 7) is 4.86. The predicted molar refractivity (Wildman–Crippen MR) is 75.2 cm³/mol. The van der Waals surface area contributed by atoms with Gasteiger partial charge in [0.15, 0.2) is 0 Å². The second-order valence-corrected chi connectivity index (χ2v) is 4.59. The lowest BCUT2D eigenvalue weighted by atomic mass is 10.1. The van der Waals surface area contributed by atoms with E-state index in [1.54, 1.807) is 12.3 Å². The molecule has 3 N–H and O–H groups in total. The minimum atomic E-state index is -0.372. The Hall–Kier alpha value is -1.79. The molecule has 2 aromatic rings. The highest BCUT2D eigenvalue weighted by atomic mass is 19.1. The highest BCUT2D eigenvalue weighted by Gasteiger charge is 2.18. The van der Waals surface area contributed by atoms with E-state index in [0.717, 1.165) is 24.4 Å². The second-order valence-electron chi connectivity index (χ2n) is 4.59. The van der Waals surface area contributed by atoms with Crippen molar-refractivity contribution in [1.82, 2.24) is 20.2 Å². The molecule has 0 aliphatic rings. The van der Waals surface area contributed by atoms with Gasteiger partial charge in [0.2, 0.25) is 0 Å². The third-order valence-electron chi connectivity index (χ3n) is 3.31. The zero-order valence-electron chi connectivity index (χ0n) is 11.8. The molecule has 108 valence electrons. The smallest absolute Gasteiger partial charge is 0.146 e. The fourth-order valence-electron chi connectivity index (χ4n) is 2.22. The summed E-state index contributed by atoms with van der Waals surface area (Å²) >= 11 is 0. The second kappa shape index (κ2) is 6.58. The van der Waals surface area contributed by atoms with Crippen molar-refractivity contribution in [3.8, 4) is 0 Å². The van der Waals surface area contributed by atoms with E-state index in [1.165, 1.54) is 6.07 Å². The maximum atomic E-state index is 13.8. The Morgan fingerprint density at radius 3 is 2.85 bits per heavy atom. The molecule has 2 heterocycles. The number of hydrazine groups is 1. The number of hydrogen-bond acceptors (Lipinski definition) is 4. The Kier molecular flexibility index (Phi) is 4.81. The van der Waals surface area contributed by atoms with Gasteiger partial charge in [-0.3, -0.25) is 20.9 Å². The lowest BCUT2D eigenvalue weighted by Crippen LogP contribution is -2.31. The molecule has 5 nitrogen and oxygen atoms in total. The summed E-state index contributed by atoms with van der Waals surface area (Å²) in [4.78, 5) is 4.08. The van der Waals surface area contributed by atoms with Crippen LogP contribution in [0.15, 0.2) is 24.4 Å². The van der Waals surface area contributed by atoms with Crippen molar-refractivity contribution in [1.29, 1.82) is 0 Å². The molecule has 0 aliphatic carbocycles. The molecule has 1 atom stereocenters. The fraction of sp³-hybridized carbons (Fsp3) is 0.429. The van der Waals surface area contributed by atoms with Gasteiger partial charge in [-0.1, -0.05) is 6.92 Å². The first-order valence-electron chi connectivity index (χ1n) is 6.81. The van der Waals surface area contributed by atoms with Crippen molar-refractivity contribution < 1.29 is 4.39 Å². The van der Waals surface area contributed by atoms with Gasteiger partial charge in [-0.05, 0) is 31.5 Å². The van der Waals surface area contributed by atoms with Crippen molar-refractivity contribution in [3.63, 3.8) is 0 Å². The summed E-state index contributed by atoms with van der Waals surface area (Å²) in [6.07, 6.45) is 2.99. The number of nitrogens with one attached hydrogen (secondary N) is 1. The maximum Gasteiger partial charge on any atom is 0.146 e. The highest BCUT2D eigenvalue weighted by Crippen LogP contribution is 2.19. The van der Waals surface area contributed by atoms with Crippen molar-refractivity contribution in [2.45, 2.75) is 39.3 Å². The summed E-state index contributed by atoms with van der Waals surface area (Å²) in [7, 11) is 0. The van der Waals surface area contributed by atoms with Crippen LogP contribution >= 0.6 is 0 Å². The average molecular weight is 277 g/mol. The van der Waals surface area contributed by atoms with Crippen LogP contribution in [0.25, 0.3) is 0 Å². The number of hydrogen-bond donors (Lipinski definition) is 2. The largest absolute Gasteiger partial charge is 0.271 e. The van der Waals surface area contributed by atoms with Gasteiger partial charge < -0.3 is 0 Å². The van der Waals surface area contributed by atoms with Crippen LogP contribution in [0.2, 0.25) is 0 Å². The van der Waals surface area contributed by atoms with Gasteiger partial charge in [0.25, 0.3) is 0 Å². The number of aromatic nitrogens is 3. The van der Waals surface area contributed by atoms with Crippen LogP contribution in [0, 0.1) is 5.82 Å². The first-order chi connectivity index (χ1) is 9.69. The lowest BCUT2D eigenvalue weighted by molar-refractivity contribution is 0.477. The summed E-state index contributed by atoms with van der Waals surface area (Å²) in [5, 5.41) is 4.48. The molecular formula is C14H20FN5. The molecule has 0 fully saturated rings. The van der Waals surface area contributed by atoms with Crippen molar-refractivity contribution >= 4 is 0 Å². The van der Waals surface area contributed by atoms with Crippen LogP contribution in [-0.2, 0) is 19.4 Å². The minimum absolute atomic E-state index is 0.330. The monoisotopic (exact) mass is 277 g/mol. The summed E-state index contributed by atoms with van der Waals surface area (Å²) in [5.74, 6) is 5.21. The normalized spacial score (nSPS) is 12.6. The van der Waals surface area contributed by atoms with E-state index in [9.17, 15) is 4.39 Å². The number of halogens is 1. The Bertz CT molecular complexity index is 566. The molecule has 0 radical (unpaired) electrons. The highest BCUT2D eigenvalue weighted by molar-refractivity contribution is 5.17. The van der Waals surface area contributed by atoms with Crippen LogP contribution in [0.5, 0.6) is 0 Å². The van der Waals surface area contributed by atoms with E-state index in [2.05, 4.69) is 22.4 Å². The summed E-state index contributed by atoms with van der Waals surface area (Å²) < 4.78 is 15.7. The van der Waals surface area contributed by atoms with Crippen molar-refractivity contribution in [2.75, 3.05) is 0 Å². The fourth-order valence-corrected chi connectivity index (χ4v) is 2.22. The zero-order valence-corrected chi connectivity index (χ0v) is 11.8. The molecule has 0 aliphatic heterocycles. The summed E-state index contributed by atoms with van der Waals surface area (Å²) in [5.41, 5.74) is 5.03. The van der Waals surface area contributed by atoms with E-state index in [4.69, 9.17) is 5.84 Å². The lowest BCUT2D eigenvalue weighted by Gasteiger charge is -2.16. The molecule has 0 saturated heterocycles. The first kappa shape index (κ1) is 14.6. The van der Waals surface area contributed by atoms with Crippen molar-refractivity contribution in [2.24, 2.45) is 5.84 Å². The standard InChI is InChI=1S/C14H20FN5/c1-3-10-8-11(20(4-2)19-10)9-13(18-16)14-12(15)6-5-7-17-14/h5-8,13,18H,3-4,9,16H2,1-2H3. The van der Waals surface area contributed by atoms with Gasteiger partial charge in [-0.15, -0.1) is 0 Å². The number of rotatable bonds is 6. The molecule has 2 aromatic heterocycles. The molecule has 0 aromatic carbocycles. The third-order valence-corrected chi connectivity index (χ3v) is 3.31. The van der Waals surface area contributed by atoms with E-state index >= 15 is 0 Å². The van der Waals surface area contributed by atoms with Crippen LogP contribution in [0.4, 0.5) is 4.39 Å². The quantitative estimate of drug-likeness (QED) is 0.623. The first-order valence-corrected chi connectivity index (χ1v) is 6.81. The van der Waals surface area contributed by atoms with E-state index in [1.807, 2.05) is 17.7 Å². The topological polar surface area (TPSA) is 68.8 Å². The van der Waals surface area contributed by atoms with Crippen molar-refractivity contribution in [3.05, 3.63) is 47.3 Å². The molecule has 0 bridgehead atoms. The third kappa shape index (κ3) is 3.02. The molecule has 0 spiro atoms. The van der Waals surface area contributed by atoms with Gasteiger partial charge >= 0.3 is 0 Å². The van der Waals surface area contributed by atoms with E-state index in [0.29, 0.717) is 12.1 Å². The number of nitrogens with two attached hydrogens (primary N) is 1. The Balaban J connectivity index is 2.26. The van der Waals surface area contributed by atoms with Gasteiger partial charge in [0.1, 0.15) is 5.82 Å². The Morgan fingerprint density at radius 1 is 1.45 bits per heavy atom. The average Bonchev–Trinajstić information content (AvgIpc) is 2.88. The molecule has 6 heteroatoms. The molecule has 2 rings (SSSR count). The van der Waals surface area contributed by atoms with Gasteiger partial charge in [-0.25, -0.2) is 4.39 Å². The molecule has 0 saturated carbocycles. The van der Waals surface area contributed by atoms with Crippen LogP contribution < -0.4 is 11.3 Å². The summed E-state index contributed by atoms with van der Waals surface area (Å²) in [6, 6.07) is 4.62. The van der Waals surface area contributed by atoms with Gasteiger partial charge in [-0.2, -0.15) is 5.10 Å². The van der Waals surface area contributed by atoms with Crippen LogP contribution in [0.1, 0.15) is 37.0 Å². The Labute approximate surface area is 118 Å². The zero-order chi connectivity index (χ0) is 14.5. The molecule has 20 heavy (non-hydrogen) atoms. The van der Waals surface area contributed by atoms with Gasteiger partial charge in [0, 0.05) is 24.9 Å². The number of aryl methyl sites for hydroxylation is 2. The number of nitrogens with zero attached hydrogens (tertiary/aromatic N) is 3.